The summed E-state index contributed by atoms with van der Waals surface area (Å²) >= 11 is 3.17. The third kappa shape index (κ3) is 2.87. The van der Waals surface area contributed by atoms with Gasteiger partial charge in [-0.2, -0.15) is 5.10 Å². The van der Waals surface area contributed by atoms with Crippen molar-refractivity contribution < 1.29 is 8.78 Å². The van der Waals surface area contributed by atoms with Crippen LogP contribution in [0.15, 0.2) is 33.7 Å². The summed E-state index contributed by atoms with van der Waals surface area (Å²) in [6.45, 7) is 1.71. The van der Waals surface area contributed by atoms with Crippen molar-refractivity contribution in [1.29, 1.82) is 0 Å². The molecule has 0 fully saturated rings. The van der Waals surface area contributed by atoms with Crippen molar-refractivity contribution in [2.75, 3.05) is 5.32 Å². The van der Waals surface area contributed by atoms with Crippen LogP contribution in [0.3, 0.4) is 0 Å². The van der Waals surface area contributed by atoms with Crippen LogP contribution in [0.2, 0.25) is 0 Å². The molecule has 1 heterocycles. The molecule has 0 saturated heterocycles. The van der Waals surface area contributed by atoms with E-state index in [2.05, 4.69) is 26.3 Å². The van der Waals surface area contributed by atoms with Crippen molar-refractivity contribution in [3.63, 3.8) is 0 Å². The second kappa shape index (κ2) is 5.70. The number of halogens is 3. The maximum atomic E-state index is 13.7. The van der Waals surface area contributed by atoms with Gasteiger partial charge in [-0.05, 0) is 28.9 Å². The van der Waals surface area contributed by atoms with E-state index in [0.29, 0.717) is 15.7 Å². The Morgan fingerprint density at radius 1 is 1.40 bits per heavy atom. The van der Waals surface area contributed by atoms with Crippen LogP contribution in [-0.4, -0.2) is 9.78 Å². The van der Waals surface area contributed by atoms with Gasteiger partial charge < -0.3 is 5.32 Å². The van der Waals surface area contributed by atoms with Gasteiger partial charge in [0.25, 0.3) is 5.56 Å². The van der Waals surface area contributed by atoms with Crippen LogP contribution in [0.25, 0.3) is 0 Å². The second-order valence-electron chi connectivity index (χ2n) is 4.33. The lowest BCUT2D eigenvalue weighted by Crippen LogP contribution is -2.22. The molecule has 0 radical (unpaired) electrons. The molecule has 0 spiro atoms. The third-order valence-electron chi connectivity index (χ3n) is 2.88. The molecule has 0 aliphatic heterocycles. The summed E-state index contributed by atoms with van der Waals surface area (Å²) in [5.41, 5.74) is 0.449. The summed E-state index contributed by atoms with van der Waals surface area (Å²) < 4.78 is 28.0. The minimum absolute atomic E-state index is 0.304. The zero-order valence-corrected chi connectivity index (χ0v) is 12.4. The van der Waals surface area contributed by atoms with Crippen molar-refractivity contribution in [3.8, 4) is 0 Å². The number of aryl methyl sites for hydroxylation is 1. The SMILES string of the molecule is C[C@@H](Nc1cnn(C)c(=O)c1Br)c1ccc(F)cc1F. The second-order valence-corrected chi connectivity index (χ2v) is 5.13. The Balaban J connectivity index is 2.30. The van der Waals surface area contributed by atoms with Crippen LogP contribution in [0.5, 0.6) is 0 Å². The molecule has 1 N–H and O–H groups in total. The van der Waals surface area contributed by atoms with Crippen molar-refractivity contribution in [3.05, 3.63) is 56.4 Å². The van der Waals surface area contributed by atoms with Crippen LogP contribution in [-0.2, 0) is 7.05 Å². The molecule has 106 valence electrons. The van der Waals surface area contributed by atoms with E-state index in [1.54, 1.807) is 6.92 Å². The molecule has 4 nitrogen and oxygen atoms in total. The molecule has 1 atom stereocenters. The molecule has 0 amide bonds. The van der Waals surface area contributed by atoms with Gasteiger partial charge in [0.1, 0.15) is 16.1 Å². The Morgan fingerprint density at radius 2 is 2.10 bits per heavy atom. The van der Waals surface area contributed by atoms with E-state index in [1.165, 1.54) is 30.1 Å². The van der Waals surface area contributed by atoms with Gasteiger partial charge >= 0.3 is 0 Å². The van der Waals surface area contributed by atoms with Crippen LogP contribution in [0.4, 0.5) is 14.5 Å². The Hall–Kier alpha value is -1.76. The van der Waals surface area contributed by atoms with E-state index in [4.69, 9.17) is 0 Å². The van der Waals surface area contributed by atoms with Gasteiger partial charge in [0.05, 0.1) is 17.9 Å². The Labute approximate surface area is 122 Å². The number of hydrogen-bond donors (Lipinski definition) is 1. The number of nitrogens with zero attached hydrogens (tertiary/aromatic N) is 2. The van der Waals surface area contributed by atoms with Crippen LogP contribution >= 0.6 is 15.9 Å². The number of anilines is 1. The molecule has 0 aliphatic carbocycles. The minimum atomic E-state index is -0.641. The highest BCUT2D eigenvalue weighted by Gasteiger charge is 2.14. The molecule has 7 heteroatoms. The molecule has 0 bridgehead atoms. The third-order valence-corrected chi connectivity index (χ3v) is 3.65. The standard InChI is InChI=1S/C13H12BrF2N3O/c1-7(9-4-3-8(15)5-10(9)16)18-11-6-17-19(2)13(20)12(11)14/h3-7,18H,1-2H3/t7-/m1/s1. The predicted octanol–water partition coefficient (Wildman–Crippen LogP) is 2.99. The Morgan fingerprint density at radius 3 is 2.75 bits per heavy atom. The smallest absolute Gasteiger partial charge is 0.282 e. The number of rotatable bonds is 3. The van der Waals surface area contributed by atoms with Crippen molar-refractivity contribution in [2.24, 2.45) is 7.05 Å². The van der Waals surface area contributed by atoms with Crippen molar-refractivity contribution in [1.82, 2.24) is 9.78 Å². The highest BCUT2D eigenvalue weighted by atomic mass is 79.9. The highest BCUT2D eigenvalue weighted by Crippen LogP contribution is 2.25. The average molecular weight is 344 g/mol. The lowest BCUT2D eigenvalue weighted by Gasteiger charge is -2.17. The molecule has 0 saturated carbocycles. The van der Waals surface area contributed by atoms with Crippen LogP contribution < -0.4 is 10.9 Å². The maximum Gasteiger partial charge on any atom is 0.282 e. The lowest BCUT2D eigenvalue weighted by molar-refractivity contribution is 0.566. The fourth-order valence-corrected chi connectivity index (χ4v) is 2.25. The molecular weight excluding hydrogens is 332 g/mol. The first-order valence-electron chi connectivity index (χ1n) is 5.83. The monoisotopic (exact) mass is 343 g/mol. The summed E-state index contributed by atoms with van der Waals surface area (Å²) in [7, 11) is 1.53. The van der Waals surface area contributed by atoms with E-state index >= 15 is 0 Å². The van der Waals surface area contributed by atoms with Gasteiger partial charge in [-0.15, -0.1) is 0 Å². The fraction of sp³-hybridized carbons (Fsp3) is 0.231. The first-order valence-corrected chi connectivity index (χ1v) is 6.62. The molecule has 2 rings (SSSR count). The molecule has 2 aromatic rings. The van der Waals surface area contributed by atoms with E-state index in [1.807, 2.05) is 0 Å². The molecule has 1 aromatic heterocycles. The molecule has 0 aliphatic rings. The number of nitrogens with one attached hydrogen (secondary N) is 1. The highest BCUT2D eigenvalue weighted by molar-refractivity contribution is 9.10. The van der Waals surface area contributed by atoms with Crippen LogP contribution in [0, 0.1) is 11.6 Å². The quantitative estimate of drug-likeness (QED) is 0.931. The normalized spacial score (nSPS) is 12.2. The van der Waals surface area contributed by atoms with E-state index < -0.39 is 17.7 Å². The zero-order chi connectivity index (χ0) is 14.9. The van der Waals surface area contributed by atoms with E-state index in [0.717, 1.165) is 6.07 Å². The summed E-state index contributed by atoms with van der Waals surface area (Å²) in [6.07, 6.45) is 1.46. The molecular formula is C13H12BrF2N3O. The number of aromatic nitrogens is 2. The summed E-state index contributed by atoms with van der Waals surface area (Å²) in [4.78, 5) is 11.7. The summed E-state index contributed by atoms with van der Waals surface area (Å²) in [5.74, 6) is -1.27. The topological polar surface area (TPSA) is 46.9 Å². The Bertz CT molecular complexity index is 703. The molecule has 0 unspecified atom stereocenters. The molecule has 20 heavy (non-hydrogen) atoms. The predicted molar refractivity (Wildman–Crippen MR) is 75.6 cm³/mol. The van der Waals surface area contributed by atoms with Gasteiger partial charge in [0.2, 0.25) is 0 Å². The van der Waals surface area contributed by atoms with Crippen LogP contribution in [0.1, 0.15) is 18.5 Å². The summed E-state index contributed by atoms with van der Waals surface area (Å²) in [6, 6.07) is 2.93. The molecule has 1 aromatic carbocycles. The lowest BCUT2D eigenvalue weighted by atomic mass is 10.1. The van der Waals surface area contributed by atoms with Gasteiger partial charge in [-0.25, -0.2) is 13.5 Å². The maximum absolute atomic E-state index is 13.7. The number of benzene rings is 1. The van der Waals surface area contributed by atoms with Gasteiger partial charge in [0, 0.05) is 18.7 Å². The summed E-state index contributed by atoms with van der Waals surface area (Å²) in [5, 5.41) is 6.85. The number of hydrogen-bond acceptors (Lipinski definition) is 3. The fourth-order valence-electron chi connectivity index (χ4n) is 1.78. The average Bonchev–Trinajstić information content (AvgIpc) is 2.39. The Kier molecular flexibility index (Phi) is 4.17. The van der Waals surface area contributed by atoms with Crippen molar-refractivity contribution >= 4 is 21.6 Å². The largest absolute Gasteiger partial charge is 0.376 e. The van der Waals surface area contributed by atoms with Gasteiger partial charge in [-0.1, -0.05) is 6.07 Å². The van der Waals surface area contributed by atoms with Gasteiger partial charge in [0.15, 0.2) is 0 Å². The minimum Gasteiger partial charge on any atom is -0.376 e. The first-order chi connectivity index (χ1) is 9.40. The van der Waals surface area contributed by atoms with Gasteiger partial charge in [-0.3, -0.25) is 4.79 Å². The van der Waals surface area contributed by atoms with E-state index in [-0.39, 0.29) is 5.56 Å². The van der Waals surface area contributed by atoms with Crippen molar-refractivity contribution in [2.45, 2.75) is 13.0 Å². The zero-order valence-electron chi connectivity index (χ0n) is 10.8. The van der Waals surface area contributed by atoms with E-state index in [9.17, 15) is 13.6 Å². The first kappa shape index (κ1) is 14.6.